The molecule has 2 aromatic carbocycles. The first kappa shape index (κ1) is 20.4. The second kappa shape index (κ2) is 8.91. The molecule has 1 amide bonds. The molecule has 31 heavy (non-hydrogen) atoms. The van der Waals surface area contributed by atoms with E-state index in [1.54, 1.807) is 7.11 Å². The van der Waals surface area contributed by atoms with Crippen molar-refractivity contribution in [1.82, 2.24) is 9.80 Å². The highest BCUT2D eigenvalue weighted by molar-refractivity contribution is 5.97. The van der Waals surface area contributed by atoms with Gasteiger partial charge in [-0.2, -0.15) is 0 Å². The highest BCUT2D eigenvalue weighted by atomic mass is 16.5. The molecule has 2 heterocycles. The van der Waals surface area contributed by atoms with Crippen molar-refractivity contribution in [3.63, 3.8) is 0 Å². The predicted octanol–water partition coefficient (Wildman–Crippen LogP) is 3.94. The van der Waals surface area contributed by atoms with Crippen molar-refractivity contribution in [3.05, 3.63) is 59.2 Å². The molecule has 2 aliphatic heterocycles. The molecule has 0 N–H and O–H groups in total. The van der Waals surface area contributed by atoms with Gasteiger partial charge in [0.05, 0.1) is 12.7 Å². The molecular weight excluding hydrogens is 388 g/mol. The van der Waals surface area contributed by atoms with E-state index in [9.17, 15) is 4.79 Å². The number of fused-ring (bicyclic) bond motifs is 1. The van der Waals surface area contributed by atoms with Crippen molar-refractivity contribution in [2.75, 3.05) is 33.3 Å². The van der Waals surface area contributed by atoms with Gasteiger partial charge < -0.3 is 14.4 Å². The van der Waals surface area contributed by atoms with E-state index < -0.39 is 0 Å². The quantitative estimate of drug-likeness (QED) is 0.735. The number of ether oxygens (including phenoxy) is 2. The Morgan fingerprint density at radius 3 is 2.26 bits per heavy atom. The number of likely N-dealkylation sites (tertiary alicyclic amines) is 2. The van der Waals surface area contributed by atoms with Crippen molar-refractivity contribution < 1.29 is 14.3 Å². The lowest BCUT2D eigenvalue weighted by Crippen LogP contribution is -2.44. The van der Waals surface area contributed by atoms with Crippen LogP contribution in [0.5, 0.6) is 11.5 Å². The van der Waals surface area contributed by atoms with Crippen LogP contribution in [0.3, 0.4) is 0 Å². The molecule has 164 valence electrons. The molecule has 2 saturated heterocycles. The molecular formula is C26H32N2O3. The van der Waals surface area contributed by atoms with E-state index in [0.717, 1.165) is 70.5 Å². The third-order valence-corrected chi connectivity index (χ3v) is 7.13. The smallest absolute Gasteiger partial charge is 0.257 e. The fourth-order valence-electron chi connectivity index (χ4n) is 5.33. The molecule has 0 unspecified atom stereocenters. The van der Waals surface area contributed by atoms with Gasteiger partial charge in [-0.15, -0.1) is 0 Å². The van der Waals surface area contributed by atoms with Crippen molar-refractivity contribution in [2.24, 2.45) is 0 Å². The maximum Gasteiger partial charge on any atom is 0.257 e. The summed E-state index contributed by atoms with van der Waals surface area (Å²) in [5.41, 5.74) is 3.68. The fraction of sp³-hybridized carbons (Fsp3) is 0.500. The predicted molar refractivity (Wildman–Crippen MR) is 121 cm³/mol. The Morgan fingerprint density at radius 1 is 0.935 bits per heavy atom. The number of piperidine rings is 1. The van der Waals surface area contributed by atoms with Crippen LogP contribution in [0, 0.1) is 0 Å². The van der Waals surface area contributed by atoms with Gasteiger partial charge in [0.1, 0.15) is 17.6 Å². The third kappa shape index (κ3) is 4.29. The maximum atomic E-state index is 13.0. The molecule has 0 spiro atoms. The summed E-state index contributed by atoms with van der Waals surface area (Å²) in [6, 6.07) is 15.1. The normalized spacial score (nSPS) is 20.1. The second-order valence-corrected chi connectivity index (χ2v) is 9.05. The molecule has 5 rings (SSSR count). The Labute approximate surface area is 184 Å². The summed E-state index contributed by atoms with van der Waals surface area (Å²) in [7, 11) is 1.65. The zero-order valence-electron chi connectivity index (χ0n) is 18.4. The Hall–Kier alpha value is -2.53. The first-order chi connectivity index (χ1) is 15.2. The van der Waals surface area contributed by atoms with Crippen LogP contribution in [-0.2, 0) is 12.8 Å². The molecule has 5 nitrogen and oxygen atoms in total. The number of benzene rings is 2. The lowest BCUT2D eigenvalue weighted by Gasteiger charge is -2.36. The van der Waals surface area contributed by atoms with Gasteiger partial charge in [-0.3, -0.25) is 9.69 Å². The number of hydrogen-bond acceptors (Lipinski definition) is 4. The third-order valence-electron chi connectivity index (χ3n) is 7.13. The van der Waals surface area contributed by atoms with E-state index >= 15 is 0 Å². The number of carbonyl (C=O) groups excluding carboxylic acids is 1. The van der Waals surface area contributed by atoms with Crippen LogP contribution in [0.15, 0.2) is 42.5 Å². The zero-order chi connectivity index (χ0) is 21.2. The minimum Gasteiger partial charge on any atom is -0.497 e. The van der Waals surface area contributed by atoms with E-state index in [4.69, 9.17) is 9.47 Å². The van der Waals surface area contributed by atoms with Crippen LogP contribution < -0.4 is 9.47 Å². The molecule has 2 fully saturated rings. The van der Waals surface area contributed by atoms with Crippen molar-refractivity contribution in [1.29, 1.82) is 0 Å². The van der Waals surface area contributed by atoms with Gasteiger partial charge in [0.25, 0.3) is 5.91 Å². The SMILES string of the molecule is COc1ccc(C(=O)N2CCCC2)c(OC2CCN(C3Cc4ccccc4C3)CC2)c1. The molecule has 5 heteroatoms. The largest absolute Gasteiger partial charge is 0.497 e. The Morgan fingerprint density at radius 2 is 1.61 bits per heavy atom. The standard InChI is InChI=1S/C26H32N2O3/c1-30-23-8-9-24(26(29)28-12-4-5-13-28)25(18-23)31-22-10-14-27(15-11-22)21-16-19-6-2-3-7-20(19)17-21/h2-3,6-9,18,21-22H,4-5,10-17H2,1H3. The molecule has 0 atom stereocenters. The lowest BCUT2D eigenvalue weighted by molar-refractivity contribution is 0.0717. The topological polar surface area (TPSA) is 42.0 Å². The number of nitrogens with zero attached hydrogens (tertiary/aromatic N) is 2. The van der Waals surface area contributed by atoms with Crippen LogP contribution in [-0.4, -0.2) is 61.1 Å². The first-order valence-electron chi connectivity index (χ1n) is 11.7. The van der Waals surface area contributed by atoms with E-state index in [1.165, 1.54) is 11.1 Å². The van der Waals surface area contributed by atoms with Gasteiger partial charge in [-0.05, 0) is 61.8 Å². The van der Waals surface area contributed by atoms with E-state index in [0.29, 0.717) is 17.4 Å². The summed E-state index contributed by atoms with van der Waals surface area (Å²) in [6.07, 6.45) is 6.60. The summed E-state index contributed by atoms with van der Waals surface area (Å²) >= 11 is 0. The van der Waals surface area contributed by atoms with Crippen LogP contribution in [0.1, 0.15) is 47.2 Å². The highest BCUT2D eigenvalue weighted by Gasteiger charge is 2.31. The summed E-state index contributed by atoms with van der Waals surface area (Å²) in [4.78, 5) is 17.6. The number of rotatable bonds is 5. The van der Waals surface area contributed by atoms with Gasteiger partial charge in [-0.25, -0.2) is 0 Å². The molecule has 0 aromatic heterocycles. The van der Waals surface area contributed by atoms with Gasteiger partial charge in [0, 0.05) is 38.3 Å². The molecule has 2 aromatic rings. The van der Waals surface area contributed by atoms with Crippen molar-refractivity contribution >= 4 is 5.91 Å². The number of methoxy groups -OCH3 is 1. The van der Waals surface area contributed by atoms with Gasteiger partial charge in [-0.1, -0.05) is 24.3 Å². The zero-order valence-corrected chi connectivity index (χ0v) is 18.4. The average molecular weight is 421 g/mol. The molecule has 1 aliphatic carbocycles. The average Bonchev–Trinajstić information content (AvgIpc) is 3.49. The van der Waals surface area contributed by atoms with Crippen molar-refractivity contribution in [2.45, 2.75) is 50.7 Å². The second-order valence-electron chi connectivity index (χ2n) is 9.05. The maximum absolute atomic E-state index is 13.0. The number of carbonyl (C=O) groups is 1. The molecule has 0 bridgehead atoms. The Balaban J connectivity index is 1.23. The van der Waals surface area contributed by atoms with Gasteiger partial charge in [0.2, 0.25) is 0 Å². The van der Waals surface area contributed by atoms with Gasteiger partial charge >= 0.3 is 0 Å². The van der Waals surface area contributed by atoms with Crippen LogP contribution in [0.4, 0.5) is 0 Å². The van der Waals surface area contributed by atoms with Crippen molar-refractivity contribution in [3.8, 4) is 11.5 Å². The summed E-state index contributed by atoms with van der Waals surface area (Å²) in [6.45, 7) is 3.77. The van der Waals surface area contributed by atoms with Crippen LogP contribution >= 0.6 is 0 Å². The van der Waals surface area contributed by atoms with E-state index in [1.807, 2.05) is 23.1 Å². The monoisotopic (exact) mass is 420 g/mol. The Kier molecular flexibility index (Phi) is 5.86. The number of amides is 1. The van der Waals surface area contributed by atoms with Crippen LogP contribution in [0.2, 0.25) is 0 Å². The van der Waals surface area contributed by atoms with Crippen LogP contribution in [0.25, 0.3) is 0 Å². The first-order valence-corrected chi connectivity index (χ1v) is 11.7. The molecule has 3 aliphatic rings. The highest BCUT2D eigenvalue weighted by Crippen LogP contribution is 2.31. The molecule has 0 radical (unpaired) electrons. The van der Waals surface area contributed by atoms with Gasteiger partial charge in [0.15, 0.2) is 0 Å². The fourth-order valence-corrected chi connectivity index (χ4v) is 5.33. The minimum atomic E-state index is 0.0799. The summed E-state index contributed by atoms with van der Waals surface area (Å²) in [5.74, 6) is 1.48. The lowest BCUT2D eigenvalue weighted by atomic mass is 10.0. The van der Waals surface area contributed by atoms with E-state index in [-0.39, 0.29) is 12.0 Å². The summed E-state index contributed by atoms with van der Waals surface area (Å²) < 4.78 is 11.8. The minimum absolute atomic E-state index is 0.0799. The number of hydrogen-bond donors (Lipinski definition) is 0. The summed E-state index contributed by atoms with van der Waals surface area (Å²) in [5, 5.41) is 0. The van der Waals surface area contributed by atoms with E-state index in [2.05, 4.69) is 29.2 Å². The Bertz CT molecular complexity index is 905. The molecule has 0 saturated carbocycles.